The van der Waals surface area contributed by atoms with Gasteiger partial charge in [0.1, 0.15) is 17.6 Å². The van der Waals surface area contributed by atoms with Crippen LogP contribution in [-0.4, -0.2) is 50.7 Å². The summed E-state index contributed by atoms with van der Waals surface area (Å²) in [5, 5.41) is 3.44. The highest BCUT2D eigenvalue weighted by atomic mass is 16.5. The normalized spacial score (nSPS) is 27.9. The maximum absolute atomic E-state index is 6.32. The molecule has 120 valence electrons. The summed E-state index contributed by atoms with van der Waals surface area (Å²) >= 11 is 0. The van der Waals surface area contributed by atoms with Crippen molar-refractivity contribution in [2.24, 2.45) is 0 Å². The van der Waals surface area contributed by atoms with E-state index in [1.807, 2.05) is 0 Å². The lowest BCUT2D eigenvalue weighted by atomic mass is 9.81. The minimum atomic E-state index is 0.394. The first-order valence-corrected chi connectivity index (χ1v) is 8.97. The Hall–Kier alpha value is -0.935. The molecule has 1 N–H and O–H groups in total. The molecular formula is C17H27BN2O2. The van der Waals surface area contributed by atoms with Crippen molar-refractivity contribution in [2.45, 2.75) is 57.5 Å². The first-order valence-electron chi connectivity index (χ1n) is 8.97. The Kier molecular flexibility index (Phi) is 4.18. The van der Waals surface area contributed by atoms with E-state index in [0.29, 0.717) is 6.10 Å². The predicted molar refractivity (Wildman–Crippen MR) is 89.0 cm³/mol. The maximum atomic E-state index is 6.32. The fraction of sp³-hybridized carbons (Fsp3) is 0.765. The van der Waals surface area contributed by atoms with Gasteiger partial charge >= 0.3 is 7.48 Å². The molecule has 4 aliphatic rings. The average Bonchev–Trinajstić information content (AvgIpc) is 2.53. The van der Waals surface area contributed by atoms with Crippen LogP contribution in [0.4, 0.5) is 0 Å². The zero-order chi connectivity index (χ0) is 14.9. The van der Waals surface area contributed by atoms with Crippen molar-refractivity contribution in [3.8, 4) is 0 Å². The van der Waals surface area contributed by atoms with Crippen LogP contribution in [0, 0.1) is 0 Å². The van der Waals surface area contributed by atoms with E-state index < -0.39 is 0 Å². The van der Waals surface area contributed by atoms with Crippen LogP contribution >= 0.6 is 0 Å². The van der Waals surface area contributed by atoms with Gasteiger partial charge in [-0.05, 0) is 57.6 Å². The van der Waals surface area contributed by atoms with E-state index in [9.17, 15) is 0 Å². The molecule has 0 unspecified atom stereocenters. The quantitative estimate of drug-likeness (QED) is 0.808. The van der Waals surface area contributed by atoms with Crippen molar-refractivity contribution in [2.75, 3.05) is 26.2 Å². The molecule has 0 bridgehead atoms. The molecule has 0 aromatic rings. The van der Waals surface area contributed by atoms with Crippen LogP contribution in [0.15, 0.2) is 22.7 Å². The van der Waals surface area contributed by atoms with Crippen LogP contribution in [0.3, 0.4) is 0 Å². The second-order valence-corrected chi connectivity index (χ2v) is 7.11. The van der Waals surface area contributed by atoms with Gasteiger partial charge in [-0.2, -0.15) is 0 Å². The molecule has 0 radical (unpaired) electrons. The molecule has 4 rings (SSSR count). The summed E-state index contributed by atoms with van der Waals surface area (Å²) in [6.07, 6.45) is 7.57. The van der Waals surface area contributed by atoms with Crippen LogP contribution in [0.5, 0.6) is 0 Å². The molecule has 2 fully saturated rings. The molecule has 5 heteroatoms. The number of piperidine rings is 1. The lowest BCUT2D eigenvalue weighted by Gasteiger charge is -2.46. The van der Waals surface area contributed by atoms with Gasteiger partial charge in [0.15, 0.2) is 0 Å². The van der Waals surface area contributed by atoms with E-state index in [2.05, 4.69) is 17.1 Å². The standard InChI is InChI=1S/C17H27BN2O2/c1-12-16(3-2-13-4-7-18-22-17(12)13)21-15-10-20(11-15)14-5-8-19-9-6-14/h14-15,18-19H,2-11H2,1H3. The molecule has 2 saturated heterocycles. The smallest absolute Gasteiger partial charge is 0.340 e. The number of rotatable bonds is 3. The summed E-state index contributed by atoms with van der Waals surface area (Å²) in [5.41, 5.74) is 2.78. The lowest BCUT2D eigenvalue weighted by molar-refractivity contribution is -0.0526. The summed E-state index contributed by atoms with van der Waals surface area (Å²) in [6, 6.07) is 0.776. The molecule has 1 aliphatic carbocycles. The van der Waals surface area contributed by atoms with Gasteiger partial charge in [-0.15, -0.1) is 0 Å². The molecule has 0 saturated carbocycles. The third-order valence-corrected chi connectivity index (χ3v) is 5.61. The zero-order valence-electron chi connectivity index (χ0n) is 13.7. The van der Waals surface area contributed by atoms with Gasteiger partial charge in [-0.1, -0.05) is 0 Å². The SMILES string of the molecule is CC1=C(OC2CN(C3CCNCC3)C2)CCC2=C1OBCC2. The van der Waals surface area contributed by atoms with Crippen LogP contribution < -0.4 is 5.32 Å². The first kappa shape index (κ1) is 14.6. The number of nitrogens with zero attached hydrogens (tertiary/aromatic N) is 1. The number of hydrogen-bond donors (Lipinski definition) is 1. The minimum absolute atomic E-state index is 0.394. The Bertz CT molecular complexity index is 491. The van der Waals surface area contributed by atoms with E-state index in [0.717, 1.165) is 45.2 Å². The Balaban J connectivity index is 1.34. The van der Waals surface area contributed by atoms with Crippen LogP contribution in [-0.2, 0) is 9.39 Å². The highest BCUT2D eigenvalue weighted by Crippen LogP contribution is 2.37. The Labute approximate surface area is 134 Å². The van der Waals surface area contributed by atoms with E-state index in [-0.39, 0.29) is 0 Å². The van der Waals surface area contributed by atoms with Gasteiger partial charge in [0, 0.05) is 31.1 Å². The summed E-state index contributed by atoms with van der Waals surface area (Å²) in [6.45, 7) is 6.73. The van der Waals surface area contributed by atoms with Gasteiger partial charge in [0.05, 0.1) is 0 Å². The Morgan fingerprint density at radius 1 is 1.18 bits per heavy atom. The number of hydrogen-bond acceptors (Lipinski definition) is 4. The fourth-order valence-electron chi connectivity index (χ4n) is 4.23. The summed E-state index contributed by atoms with van der Waals surface area (Å²) in [7, 11) is 0.871. The Morgan fingerprint density at radius 3 is 2.82 bits per heavy atom. The highest BCUT2D eigenvalue weighted by Gasteiger charge is 2.35. The first-order chi connectivity index (χ1) is 10.8. The number of nitrogens with one attached hydrogen (secondary N) is 1. The van der Waals surface area contributed by atoms with Gasteiger partial charge < -0.3 is 14.7 Å². The predicted octanol–water partition coefficient (Wildman–Crippen LogP) is 1.95. The van der Waals surface area contributed by atoms with Crippen molar-refractivity contribution >= 4 is 7.48 Å². The van der Waals surface area contributed by atoms with Gasteiger partial charge in [0.25, 0.3) is 0 Å². The third kappa shape index (κ3) is 2.81. The molecule has 0 aromatic carbocycles. The summed E-state index contributed by atoms with van der Waals surface area (Å²) in [4.78, 5) is 2.60. The number of likely N-dealkylation sites (tertiary alicyclic amines) is 1. The maximum Gasteiger partial charge on any atom is 0.340 e. The third-order valence-electron chi connectivity index (χ3n) is 5.61. The van der Waals surface area contributed by atoms with Crippen LogP contribution in [0.1, 0.15) is 39.0 Å². The molecule has 0 spiro atoms. The molecular weight excluding hydrogens is 275 g/mol. The van der Waals surface area contributed by atoms with Crippen molar-refractivity contribution in [3.05, 3.63) is 22.7 Å². The second-order valence-electron chi connectivity index (χ2n) is 7.11. The fourth-order valence-corrected chi connectivity index (χ4v) is 4.23. The zero-order valence-corrected chi connectivity index (χ0v) is 13.7. The average molecular weight is 302 g/mol. The lowest BCUT2D eigenvalue weighted by Crippen LogP contribution is -2.58. The van der Waals surface area contributed by atoms with Crippen molar-refractivity contribution < 1.29 is 9.39 Å². The minimum Gasteiger partial charge on any atom is -0.564 e. The molecule has 3 aliphatic heterocycles. The van der Waals surface area contributed by atoms with E-state index in [1.54, 1.807) is 0 Å². The summed E-state index contributed by atoms with van der Waals surface area (Å²) in [5.74, 6) is 2.35. The van der Waals surface area contributed by atoms with Gasteiger partial charge in [-0.3, -0.25) is 4.90 Å². The van der Waals surface area contributed by atoms with Gasteiger partial charge in [-0.25, -0.2) is 0 Å². The molecule has 22 heavy (non-hydrogen) atoms. The molecule has 0 atom stereocenters. The highest BCUT2D eigenvalue weighted by molar-refractivity contribution is 6.28. The van der Waals surface area contributed by atoms with E-state index in [1.165, 1.54) is 55.6 Å². The largest absolute Gasteiger partial charge is 0.564 e. The number of ether oxygens (including phenoxy) is 1. The number of allylic oxidation sites excluding steroid dienone is 3. The molecule has 4 nitrogen and oxygen atoms in total. The summed E-state index contributed by atoms with van der Waals surface area (Å²) < 4.78 is 12.2. The Morgan fingerprint density at radius 2 is 2.00 bits per heavy atom. The second kappa shape index (κ2) is 6.28. The van der Waals surface area contributed by atoms with Crippen molar-refractivity contribution in [1.29, 1.82) is 0 Å². The monoisotopic (exact) mass is 302 g/mol. The molecule has 3 heterocycles. The topological polar surface area (TPSA) is 33.7 Å². The van der Waals surface area contributed by atoms with Crippen molar-refractivity contribution in [1.82, 2.24) is 10.2 Å². The van der Waals surface area contributed by atoms with Crippen LogP contribution in [0.25, 0.3) is 0 Å². The molecule has 0 aromatic heterocycles. The van der Waals surface area contributed by atoms with E-state index >= 15 is 0 Å². The van der Waals surface area contributed by atoms with Crippen LogP contribution in [0.2, 0.25) is 6.32 Å². The molecule has 0 amide bonds. The van der Waals surface area contributed by atoms with E-state index in [4.69, 9.17) is 9.39 Å². The van der Waals surface area contributed by atoms with Gasteiger partial charge in [0.2, 0.25) is 0 Å². The van der Waals surface area contributed by atoms with Crippen molar-refractivity contribution in [3.63, 3.8) is 0 Å².